The molecule has 0 radical (unpaired) electrons. The smallest absolute Gasteiger partial charge is 0.398 e. The van der Waals surface area contributed by atoms with Gasteiger partial charge in [-0.05, 0) is 43.7 Å². The van der Waals surface area contributed by atoms with E-state index in [1.165, 1.54) is 13.2 Å². The maximum absolute atomic E-state index is 15.8. The molecule has 2 aromatic heterocycles. The zero-order chi connectivity index (χ0) is 28.6. The van der Waals surface area contributed by atoms with Crippen molar-refractivity contribution in [3.05, 3.63) is 64.7 Å². The predicted octanol–water partition coefficient (Wildman–Crippen LogP) is 4.41. The third kappa shape index (κ3) is 5.13. The fourth-order valence-corrected chi connectivity index (χ4v) is 4.24. The van der Waals surface area contributed by atoms with Crippen molar-refractivity contribution in [3.8, 4) is 22.8 Å². The minimum Gasteiger partial charge on any atom is -0.496 e. The number of hydrogen-bond acceptors (Lipinski definition) is 7. The molecule has 4 aromatic rings. The van der Waals surface area contributed by atoms with Crippen LogP contribution in [0.2, 0.25) is 0 Å². The van der Waals surface area contributed by atoms with Crippen molar-refractivity contribution in [2.75, 3.05) is 19.5 Å². The van der Waals surface area contributed by atoms with Crippen LogP contribution in [-0.2, 0) is 6.42 Å². The molecular weight excluding hydrogens is 527 g/mol. The lowest BCUT2D eigenvalue weighted by molar-refractivity contribution is -0.148. The van der Waals surface area contributed by atoms with Gasteiger partial charge in [0, 0.05) is 12.0 Å². The van der Waals surface area contributed by atoms with E-state index in [-0.39, 0.29) is 63.8 Å². The number of carbonyl (C=O) groups excluding carboxylic acids is 1. The summed E-state index contributed by atoms with van der Waals surface area (Å²) in [5.74, 6) is -5.43. The number of hydrogen-bond donors (Lipinski definition) is 2. The molecule has 1 atom stereocenters. The Kier molecular flexibility index (Phi) is 7.31. The summed E-state index contributed by atoms with van der Waals surface area (Å²) in [6.07, 6.45) is -3.81. The number of primary amides is 1. The fourth-order valence-electron chi connectivity index (χ4n) is 4.24. The number of imidazole rings is 1. The van der Waals surface area contributed by atoms with Crippen molar-refractivity contribution in [1.29, 1.82) is 0 Å². The van der Waals surface area contributed by atoms with Gasteiger partial charge in [0.25, 0.3) is 5.91 Å². The van der Waals surface area contributed by atoms with Crippen LogP contribution in [0.1, 0.15) is 47.1 Å². The third-order valence-electron chi connectivity index (χ3n) is 6.01. The first kappa shape index (κ1) is 27.5. The Balaban J connectivity index is 1.91. The molecule has 0 fully saturated rings. The number of fused-ring (bicyclic) bond motifs is 1. The van der Waals surface area contributed by atoms with Crippen LogP contribution in [0.4, 0.5) is 27.8 Å². The molecule has 14 heteroatoms. The molecule has 4 N–H and O–H groups in total. The normalized spacial score (nSPS) is 12.5. The summed E-state index contributed by atoms with van der Waals surface area (Å²) in [4.78, 5) is 19.7. The second kappa shape index (κ2) is 10.3. The molecule has 4 rings (SSSR count). The molecule has 0 aliphatic carbocycles. The van der Waals surface area contributed by atoms with Crippen LogP contribution >= 0.6 is 0 Å². The molecule has 206 valence electrons. The topological polar surface area (TPSA) is 131 Å². The van der Waals surface area contributed by atoms with Gasteiger partial charge in [-0.3, -0.25) is 4.79 Å². The quantitative estimate of drug-likeness (QED) is 0.311. The van der Waals surface area contributed by atoms with Gasteiger partial charge in [0.2, 0.25) is 0 Å². The van der Waals surface area contributed by atoms with Gasteiger partial charge < -0.3 is 20.9 Å². The predicted molar refractivity (Wildman–Crippen MR) is 131 cm³/mol. The number of methoxy groups -OCH3 is 1. The van der Waals surface area contributed by atoms with Crippen molar-refractivity contribution in [2.45, 2.75) is 32.4 Å². The van der Waals surface area contributed by atoms with Gasteiger partial charge in [0.15, 0.2) is 5.82 Å². The van der Waals surface area contributed by atoms with Crippen LogP contribution in [0.3, 0.4) is 0 Å². The molecule has 1 amide bonds. The number of aromatic nitrogens is 4. The van der Waals surface area contributed by atoms with Crippen LogP contribution < -0.4 is 20.9 Å². The van der Waals surface area contributed by atoms with Crippen LogP contribution in [0.25, 0.3) is 16.8 Å². The maximum atomic E-state index is 15.8. The number of anilines is 1. The molecule has 39 heavy (non-hydrogen) atoms. The van der Waals surface area contributed by atoms with Crippen LogP contribution in [0.5, 0.6) is 11.5 Å². The number of rotatable bonds is 8. The van der Waals surface area contributed by atoms with E-state index in [4.69, 9.17) is 20.9 Å². The van der Waals surface area contributed by atoms with Crippen molar-refractivity contribution in [3.63, 3.8) is 0 Å². The first-order chi connectivity index (χ1) is 18.4. The Labute approximate surface area is 218 Å². The highest BCUT2D eigenvalue weighted by molar-refractivity contribution is 5.96. The summed E-state index contributed by atoms with van der Waals surface area (Å²) in [7, 11) is 1.27. The van der Waals surface area contributed by atoms with Crippen molar-refractivity contribution >= 4 is 17.2 Å². The maximum Gasteiger partial charge on any atom is 0.398 e. The molecule has 2 aromatic carbocycles. The van der Waals surface area contributed by atoms with E-state index >= 15 is 4.39 Å². The minimum atomic E-state index is -4.67. The van der Waals surface area contributed by atoms with Crippen LogP contribution in [0, 0.1) is 11.6 Å². The lowest BCUT2D eigenvalue weighted by atomic mass is 9.98. The molecule has 0 aliphatic heterocycles. The fraction of sp³-hybridized carbons (Fsp3) is 0.280. The lowest BCUT2D eigenvalue weighted by Crippen LogP contribution is -2.20. The Hall–Kier alpha value is -4.49. The first-order valence-corrected chi connectivity index (χ1v) is 11.5. The number of halogens is 5. The number of benzene rings is 2. The largest absolute Gasteiger partial charge is 0.496 e. The molecule has 0 unspecified atom stereocenters. The zero-order valence-corrected chi connectivity index (χ0v) is 20.9. The van der Waals surface area contributed by atoms with E-state index in [2.05, 4.69) is 15.1 Å². The highest BCUT2D eigenvalue weighted by atomic mass is 19.4. The van der Waals surface area contributed by atoms with E-state index in [1.807, 2.05) is 0 Å². The SMILES string of the molecule is CCOc1cc(Cc2cc(F)cc(C(N)=O)c2OC)cc(F)c1-c1nc([C@H](C)C(F)(F)F)n2ncnc(N)c12. The van der Waals surface area contributed by atoms with Crippen LogP contribution in [0.15, 0.2) is 30.6 Å². The number of nitrogens with two attached hydrogens (primary N) is 2. The van der Waals surface area contributed by atoms with E-state index < -0.39 is 35.5 Å². The summed E-state index contributed by atoms with van der Waals surface area (Å²) >= 11 is 0. The molecule has 0 spiro atoms. The highest BCUT2D eigenvalue weighted by Gasteiger charge is 2.41. The van der Waals surface area contributed by atoms with Crippen LogP contribution in [-0.4, -0.2) is 45.4 Å². The van der Waals surface area contributed by atoms with Gasteiger partial charge in [-0.1, -0.05) is 0 Å². The summed E-state index contributed by atoms with van der Waals surface area (Å²) in [5, 5.41) is 3.86. The number of nitrogen functional groups attached to an aromatic ring is 1. The molecular formula is C25H23F5N6O3. The van der Waals surface area contributed by atoms with Gasteiger partial charge >= 0.3 is 6.18 Å². The van der Waals surface area contributed by atoms with Gasteiger partial charge in [0.05, 0.1) is 24.8 Å². The average Bonchev–Trinajstić information content (AvgIpc) is 3.23. The van der Waals surface area contributed by atoms with Crippen molar-refractivity contribution < 1.29 is 36.2 Å². The molecule has 0 aliphatic rings. The summed E-state index contributed by atoms with van der Waals surface area (Å²) in [6, 6.07) is 4.55. The number of ether oxygens (including phenoxy) is 2. The number of amides is 1. The van der Waals surface area contributed by atoms with E-state index in [1.54, 1.807) is 6.92 Å². The van der Waals surface area contributed by atoms with E-state index in [0.29, 0.717) is 0 Å². The van der Waals surface area contributed by atoms with E-state index in [9.17, 15) is 22.4 Å². The van der Waals surface area contributed by atoms with E-state index in [0.717, 1.165) is 36.0 Å². The molecule has 2 heterocycles. The van der Waals surface area contributed by atoms with Crippen molar-refractivity contribution in [2.24, 2.45) is 5.73 Å². The number of alkyl halides is 3. The summed E-state index contributed by atoms with van der Waals surface area (Å²) < 4.78 is 82.6. The second-order valence-corrected chi connectivity index (χ2v) is 8.56. The lowest BCUT2D eigenvalue weighted by Gasteiger charge is -2.15. The average molecular weight is 550 g/mol. The van der Waals surface area contributed by atoms with Gasteiger partial charge in [-0.25, -0.2) is 23.3 Å². The Morgan fingerprint density at radius 2 is 1.90 bits per heavy atom. The van der Waals surface area contributed by atoms with Gasteiger partial charge in [-0.2, -0.15) is 18.3 Å². The second-order valence-electron chi connectivity index (χ2n) is 8.56. The molecule has 0 saturated carbocycles. The molecule has 9 nitrogen and oxygen atoms in total. The van der Waals surface area contributed by atoms with Gasteiger partial charge in [0.1, 0.15) is 52.4 Å². The Bertz CT molecular complexity index is 1570. The minimum absolute atomic E-state index is 0.0159. The summed E-state index contributed by atoms with van der Waals surface area (Å²) in [6.45, 7) is 2.59. The molecule has 0 bridgehead atoms. The summed E-state index contributed by atoms with van der Waals surface area (Å²) in [5.41, 5.74) is 10.9. The Morgan fingerprint density at radius 1 is 1.18 bits per heavy atom. The number of nitrogens with zero attached hydrogens (tertiary/aromatic N) is 4. The molecule has 0 saturated heterocycles. The highest BCUT2D eigenvalue weighted by Crippen LogP contribution is 2.41. The van der Waals surface area contributed by atoms with Gasteiger partial charge in [-0.15, -0.1) is 0 Å². The monoisotopic (exact) mass is 550 g/mol. The first-order valence-electron chi connectivity index (χ1n) is 11.5. The number of carbonyl (C=O) groups is 1. The van der Waals surface area contributed by atoms with Crippen molar-refractivity contribution in [1.82, 2.24) is 19.6 Å². The third-order valence-corrected chi connectivity index (χ3v) is 6.01. The Morgan fingerprint density at radius 3 is 2.51 bits per heavy atom. The standard InChI is InChI=1S/C25H23F5N6O3/c1-4-39-17-7-12(5-13-8-14(26)9-15(23(32)37)21(13)38-3)6-16(27)18(17)19-20-22(31)33-10-34-36(20)24(35-19)11(2)25(28,29)30/h6-11H,4-5H2,1-3H3,(H2,32,37)(H2,31,33,34)/t11-/m0/s1. The zero-order valence-electron chi connectivity index (χ0n) is 20.9.